The summed E-state index contributed by atoms with van der Waals surface area (Å²) >= 11 is 0. The topological polar surface area (TPSA) is 46.6 Å². The summed E-state index contributed by atoms with van der Waals surface area (Å²) in [5.74, 6) is 0.174. The summed E-state index contributed by atoms with van der Waals surface area (Å²) in [4.78, 5) is 29.0. The molecule has 4 heteroatoms. The highest BCUT2D eigenvalue weighted by Gasteiger charge is 2.81. The van der Waals surface area contributed by atoms with Gasteiger partial charge in [-0.3, -0.25) is 4.79 Å². The van der Waals surface area contributed by atoms with E-state index in [1.807, 2.05) is 65.6 Å². The number of ether oxygens (including phenoxy) is 1. The number of esters is 1. The zero-order valence-corrected chi connectivity index (χ0v) is 17.1. The molecule has 3 aliphatic rings. The second-order valence-electron chi connectivity index (χ2n) is 9.37. The standard InChI is InChI=1S/C25H27NO3/c1-23-17-26(21(27)19-11-7-4-8-12-19)25(15-20(23)13-14-24(23,25)2)22(28)29-16-18-9-5-3-6-10-18/h3-12,20H,13-17H2,1-2H3/t20-,23-,24+,25-/m1/s1. The molecule has 1 saturated heterocycles. The highest BCUT2D eigenvalue weighted by atomic mass is 16.5. The van der Waals surface area contributed by atoms with E-state index in [9.17, 15) is 9.59 Å². The third-order valence-corrected chi connectivity index (χ3v) is 8.37. The quantitative estimate of drug-likeness (QED) is 0.726. The Labute approximate surface area is 171 Å². The summed E-state index contributed by atoms with van der Waals surface area (Å²) in [7, 11) is 0. The first kappa shape index (κ1) is 18.4. The van der Waals surface area contributed by atoms with Crippen molar-refractivity contribution >= 4 is 11.9 Å². The lowest BCUT2D eigenvalue weighted by Crippen LogP contribution is -2.61. The van der Waals surface area contributed by atoms with Crippen LogP contribution in [0.1, 0.15) is 49.0 Å². The van der Waals surface area contributed by atoms with Crippen LogP contribution < -0.4 is 0 Å². The highest BCUT2D eigenvalue weighted by molar-refractivity contribution is 6.00. The number of likely N-dealkylation sites (tertiary alicyclic amines) is 1. The monoisotopic (exact) mass is 389 g/mol. The lowest BCUT2D eigenvalue weighted by Gasteiger charge is -2.46. The van der Waals surface area contributed by atoms with Crippen LogP contribution in [0, 0.1) is 16.7 Å². The summed E-state index contributed by atoms with van der Waals surface area (Å²) in [6.45, 7) is 5.35. The number of hydrogen-bond donors (Lipinski definition) is 0. The van der Waals surface area contributed by atoms with Crippen molar-refractivity contribution in [2.75, 3.05) is 6.54 Å². The Hall–Kier alpha value is -2.62. The van der Waals surface area contributed by atoms with Crippen LogP contribution in [0.3, 0.4) is 0 Å². The summed E-state index contributed by atoms with van der Waals surface area (Å²) in [6.07, 6.45) is 2.81. The van der Waals surface area contributed by atoms with Crippen molar-refractivity contribution in [1.82, 2.24) is 4.90 Å². The lowest BCUT2D eigenvalue weighted by atomic mass is 9.65. The molecule has 0 radical (unpaired) electrons. The summed E-state index contributed by atoms with van der Waals surface area (Å²) in [5, 5.41) is 0. The lowest BCUT2D eigenvalue weighted by molar-refractivity contribution is -0.163. The fourth-order valence-electron chi connectivity index (χ4n) is 6.52. The summed E-state index contributed by atoms with van der Waals surface area (Å²) in [6, 6.07) is 19.1. The van der Waals surface area contributed by atoms with Gasteiger partial charge in [-0.15, -0.1) is 0 Å². The molecule has 0 unspecified atom stereocenters. The van der Waals surface area contributed by atoms with Gasteiger partial charge in [-0.05, 0) is 48.3 Å². The molecule has 5 rings (SSSR count). The number of amides is 1. The van der Waals surface area contributed by atoms with Gasteiger partial charge in [-0.2, -0.15) is 0 Å². The molecule has 2 aliphatic carbocycles. The molecule has 29 heavy (non-hydrogen) atoms. The van der Waals surface area contributed by atoms with E-state index in [-0.39, 0.29) is 29.3 Å². The Morgan fingerprint density at radius 3 is 2.34 bits per heavy atom. The molecule has 4 bridgehead atoms. The minimum absolute atomic E-state index is 0.0385. The van der Waals surface area contributed by atoms with Gasteiger partial charge in [0, 0.05) is 17.5 Å². The molecule has 4 nitrogen and oxygen atoms in total. The molecule has 2 aromatic rings. The maximum atomic E-state index is 13.7. The van der Waals surface area contributed by atoms with Crippen molar-refractivity contribution in [3.63, 3.8) is 0 Å². The van der Waals surface area contributed by atoms with Crippen LogP contribution >= 0.6 is 0 Å². The largest absolute Gasteiger partial charge is 0.459 e. The van der Waals surface area contributed by atoms with Crippen LogP contribution in [0.15, 0.2) is 60.7 Å². The van der Waals surface area contributed by atoms with E-state index in [4.69, 9.17) is 4.74 Å². The molecule has 1 aliphatic heterocycles. The van der Waals surface area contributed by atoms with Gasteiger partial charge in [0.15, 0.2) is 0 Å². The van der Waals surface area contributed by atoms with E-state index >= 15 is 0 Å². The van der Waals surface area contributed by atoms with Crippen molar-refractivity contribution in [1.29, 1.82) is 0 Å². The number of rotatable bonds is 4. The molecular weight excluding hydrogens is 362 g/mol. The number of hydrogen-bond acceptors (Lipinski definition) is 3. The van der Waals surface area contributed by atoms with Gasteiger partial charge in [-0.25, -0.2) is 4.79 Å². The molecule has 4 atom stereocenters. The zero-order chi connectivity index (χ0) is 20.3. The SMILES string of the molecule is C[C@@]12CC[C@@H]3C[C@]1(C(=O)OCc1ccccc1)N(C(=O)c1ccccc1)C[C@]32C. The fourth-order valence-corrected chi connectivity index (χ4v) is 6.52. The minimum atomic E-state index is -0.869. The molecule has 3 fully saturated rings. The van der Waals surface area contributed by atoms with Gasteiger partial charge in [0.2, 0.25) is 0 Å². The van der Waals surface area contributed by atoms with Gasteiger partial charge in [0.1, 0.15) is 12.1 Å². The van der Waals surface area contributed by atoms with Gasteiger partial charge in [0.05, 0.1) is 0 Å². The molecule has 0 spiro atoms. The number of benzene rings is 2. The Morgan fingerprint density at radius 2 is 1.69 bits per heavy atom. The van der Waals surface area contributed by atoms with E-state index in [2.05, 4.69) is 13.8 Å². The minimum Gasteiger partial charge on any atom is -0.459 e. The molecule has 2 aromatic carbocycles. The first-order chi connectivity index (χ1) is 13.9. The summed E-state index contributed by atoms with van der Waals surface area (Å²) < 4.78 is 5.88. The third kappa shape index (κ3) is 2.26. The van der Waals surface area contributed by atoms with Gasteiger partial charge in [0.25, 0.3) is 5.91 Å². The third-order valence-electron chi connectivity index (χ3n) is 8.37. The number of carbonyl (C=O) groups is 2. The average Bonchev–Trinajstić information content (AvgIpc) is 3.21. The van der Waals surface area contributed by atoms with Crippen molar-refractivity contribution in [3.05, 3.63) is 71.8 Å². The first-order valence-electron chi connectivity index (χ1n) is 10.5. The van der Waals surface area contributed by atoms with Crippen LogP contribution in [-0.2, 0) is 16.1 Å². The molecule has 1 amide bonds. The Bertz CT molecular complexity index is 959. The van der Waals surface area contributed by atoms with E-state index in [1.165, 1.54) is 0 Å². The normalized spacial score (nSPS) is 34.4. The first-order valence-corrected chi connectivity index (χ1v) is 10.5. The molecule has 2 saturated carbocycles. The van der Waals surface area contributed by atoms with E-state index in [0.29, 0.717) is 24.4 Å². The fraction of sp³-hybridized carbons (Fsp3) is 0.440. The predicted molar refractivity (Wildman–Crippen MR) is 110 cm³/mol. The number of piperidine rings is 1. The number of nitrogens with zero attached hydrogens (tertiary/aromatic N) is 1. The number of carbonyl (C=O) groups excluding carboxylic acids is 2. The predicted octanol–water partition coefficient (Wildman–Crippen LogP) is 4.45. The molecule has 0 aromatic heterocycles. The molecular formula is C25H27NO3. The van der Waals surface area contributed by atoms with E-state index < -0.39 is 5.54 Å². The van der Waals surface area contributed by atoms with Crippen molar-refractivity contribution in [2.45, 2.75) is 45.3 Å². The van der Waals surface area contributed by atoms with Gasteiger partial charge < -0.3 is 9.64 Å². The second kappa shape index (κ2) is 6.19. The Morgan fingerprint density at radius 1 is 1.03 bits per heavy atom. The molecule has 0 N–H and O–H groups in total. The van der Waals surface area contributed by atoms with Crippen molar-refractivity contribution < 1.29 is 14.3 Å². The van der Waals surface area contributed by atoms with E-state index in [1.54, 1.807) is 0 Å². The molecule has 1 heterocycles. The Balaban J connectivity index is 1.51. The van der Waals surface area contributed by atoms with Crippen LogP contribution in [0.25, 0.3) is 0 Å². The van der Waals surface area contributed by atoms with Crippen LogP contribution in [0.4, 0.5) is 0 Å². The average molecular weight is 389 g/mol. The Kier molecular flexibility index (Phi) is 3.93. The maximum absolute atomic E-state index is 13.7. The van der Waals surface area contributed by atoms with E-state index in [0.717, 1.165) is 18.4 Å². The zero-order valence-electron chi connectivity index (χ0n) is 17.1. The van der Waals surface area contributed by atoms with Crippen LogP contribution in [0.2, 0.25) is 0 Å². The van der Waals surface area contributed by atoms with Crippen molar-refractivity contribution in [3.8, 4) is 0 Å². The van der Waals surface area contributed by atoms with Crippen molar-refractivity contribution in [2.24, 2.45) is 16.7 Å². The summed E-state index contributed by atoms with van der Waals surface area (Å²) in [5.41, 5.74) is 0.448. The van der Waals surface area contributed by atoms with Crippen LogP contribution in [-0.4, -0.2) is 28.9 Å². The van der Waals surface area contributed by atoms with Gasteiger partial charge in [-0.1, -0.05) is 62.4 Å². The highest BCUT2D eigenvalue weighted by Crippen LogP contribution is 2.76. The van der Waals surface area contributed by atoms with Crippen LogP contribution in [0.5, 0.6) is 0 Å². The second-order valence-corrected chi connectivity index (χ2v) is 9.37. The van der Waals surface area contributed by atoms with Gasteiger partial charge >= 0.3 is 5.97 Å². The molecule has 150 valence electrons. The maximum Gasteiger partial charge on any atom is 0.333 e. The smallest absolute Gasteiger partial charge is 0.333 e.